The molecule has 0 radical (unpaired) electrons. The summed E-state index contributed by atoms with van der Waals surface area (Å²) in [7, 11) is 0. The summed E-state index contributed by atoms with van der Waals surface area (Å²) in [5.41, 5.74) is 0. The lowest BCUT2D eigenvalue weighted by Gasteiger charge is -2.22. The van der Waals surface area contributed by atoms with E-state index in [1.165, 1.54) is 211 Å². The highest BCUT2D eigenvalue weighted by molar-refractivity contribution is 5.02. The number of imidazole rings is 1. The highest BCUT2D eigenvalue weighted by atomic mass is 15.1. The Kier molecular flexibility index (Phi) is 29.2. The molecule has 2 heteroatoms. The molecule has 254 valence electrons. The van der Waals surface area contributed by atoms with Gasteiger partial charge in [-0.1, -0.05) is 207 Å². The van der Waals surface area contributed by atoms with Crippen LogP contribution in [0.15, 0.2) is 12.4 Å². The Bertz CT molecular complexity index is 664. The van der Waals surface area contributed by atoms with E-state index in [-0.39, 0.29) is 0 Å². The molecule has 0 amide bonds. The van der Waals surface area contributed by atoms with Gasteiger partial charge in [0.25, 0.3) is 0 Å². The molecule has 0 saturated carbocycles. The van der Waals surface area contributed by atoms with Crippen LogP contribution in [-0.2, 0) is 0 Å². The van der Waals surface area contributed by atoms with E-state index in [1.54, 1.807) is 0 Å². The first-order chi connectivity index (χ1) is 21.2. The Hall–Kier alpha value is -0.790. The van der Waals surface area contributed by atoms with Gasteiger partial charge in [-0.05, 0) is 26.2 Å². The maximum Gasteiger partial charge on any atom is 0.111 e. The van der Waals surface area contributed by atoms with Crippen molar-refractivity contribution in [2.24, 2.45) is 0 Å². The van der Waals surface area contributed by atoms with Gasteiger partial charge in [0.2, 0.25) is 0 Å². The van der Waals surface area contributed by atoms with Gasteiger partial charge < -0.3 is 4.57 Å². The highest BCUT2D eigenvalue weighted by Crippen LogP contribution is 2.31. The van der Waals surface area contributed by atoms with Crippen LogP contribution in [0.25, 0.3) is 0 Å². The molecule has 0 aliphatic carbocycles. The first kappa shape index (κ1) is 40.2. The minimum Gasteiger partial charge on any atom is -0.332 e. The van der Waals surface area contributed by atoms with E-state index in [0.29, 0.717) is 12.0 Å². The predicted molar refractivity (Wildman–Crippen MR) is 194 cm³/mol. The van der Waals surface area contributed by atoms with Gasteiger partial charge in [0.1, 0.15) is 5.82 Å². The third-order valence-electron chi connectivity index (χ3n) is 10.1. The Morgan fingerprint density at radius 3 is 1.09 bits per heavy atom. The molecule has 0 spiro atoms. The third kappa shape index (κ3) is 23.2. The van der Waals surface area contributed by atoms with Crippen LogP contribution in [0, 0.1) is 0 Å². The zero-order valence-electron chi connectivity index (χ0n) is 30.3. The molecule has 0 aliphatic heterocycles. The third-order valence-corrected chi connectivity index (χ3v) is 10.1. The molecular weight excluding hydrogens is 520 g/mol. The van der Waals surface area contributed by atoms with Crippen LogP contribution in [0.4, 0.5) is 0 Å². The van der Waals surface area contributed by atoms with Crippen LogP contribution in [-0.4, -0.2) is 9.55 Å². The summed E-state index contributed by atoms with van der Waals surface area (Å²) in [6.45, 7) is 9.39. The molecule has 1 heterocycles. The quantitative estimate of drug-likeness (QED) is 0.0719. The minimum atomic E-state index is 0.589. The summed E-state index contributed by atoms with van der Waals surface area (Å²) in [4.78, 5) is 5.00. The van der Waals surface area contributed by atoms with Crippen molar-refractivity contribution < 1.29 is 0 Å². The van der Waals surface area contributed by atoms with Gasteiger partial charge in [-0.3, -0.25) is 0 Å². The number of aromatic nitrogens is 2. The van der Waals surface area contributed by atoms with E-state index in [2.05, 4.69) is 44.7 Å². The maximum absolute atomic E-state index is 5.00. The van der Waals surface area contributed by atoms with E-state index in [1.807, 2.05) is 0 Å². The number of rotatable bonds is 34. The summed E-state index contributed by atoms with van der Waals surface area (Å²) < 4.78 is 2.58. The fourth-order valence-corrected chi connectivity index (χ4v) is 7.06. The van der Waals surface area contributed by atoms with Gasteiger partial charge in [-0.15, -0.1) is 0 Å². The smallest absolute Gasteiger partial charge is 0.111 e. The molecule has 43 heavy (non-hydrogen) atoms. The zero-order chi connectivity index (χ0) is 31.1. The normalized spacial score (nSPS) is 13.1. The number of hydrogen-bond donors (Lipinski definition) is 0. The summed E-state index contributed by atoms with van der Waals surface area (Å²) >= 11 is 0. The predicted octanol–water partition coefficient (Wildman–Crippen LogP) is 15.1. The molecule has 0 aromatic carbocycles. The second-order valence-electron chi connectivity index (χ2n) is 14.3. The molecule has 2 atom stereocenters. The molecule has 0 N–H and O–H groups in total. The average Bonchev–Trinajstić information content (AvgIpc) is 3.51. The first-order valence-electron chi connectivity index (χ1n) is 20.3. The Labute approximate surface area is 272 Å². The summed E-state index contributed by atoms with van der Waals surface area (Å²) in [5, 5.41) is 0. The number of nitrogens with zero attached hydrogens (tertiary/aromatic N) is 2. The largest absolute Gasteiger partial charge is 0.332 e. The fourth-order valence-electron chi connectivity index (χ4n) is 7.06. The van der Waals surface area contributed by atoms with Gasteiger partial charge in [0.05, 0.1) is 0 Å². The van der Waals surface area contributed by atoms with Crippen LogP contribution in [0.1, 0.15) is 251 Å². The van der Waals surface area contributed by atoms with Crippen molar-refractivity contribution in [2.45, 2.75) is 245 Å². The van der Waals surface area contributed by atoms with Gasteiger partial charge in [-0.2, -0.15) is 0 Å². The van der Waals surface area contributed by atoms with E-state index in [9.17, 15) is 0 Å². The first-order valence-corrected chi connectivity index (χ1v) is 20.3. The summed E-state index contributed by atoms with van der Waals surface area (Å²) in [5.74, 6) is 2.06. The number of unbranched alkanes of at least 4 members (excludes halogenated alkanes) is 26. The van der Waals surface area contributed by atoms with Gasteiger partial charge in [-0.25, -0.2) is 4.98 Å². The second-order valence-corrected chi connectivity index (χ2v) is 14.3. The topological polar surface area (TPSA) is 17.8 Å². The molecule has 0 saturated heterocycles. The monoisotopic (exact) mass is 601 g/mol. The highest BCUT2D eigenvalue weighted by Gasteiger charge is 2.19. The second kappa shape index (κ2) is 31.2. The number of hydrogen-bond acceptors (Lipinski definition) is 1. The molecule has 0 fully saturated rings. The Morgan fingerprint density at radius 1 is 0.442 bits per heavy atom. The molecular formula is C41H80N2. The van der Waals surface area contributed by atoms with Crippen LogP contribution >= 0.6 is 0 Å². The summed E-state index contributed by atoms with van der Waals surface area (Å²) in [6, 6.07) is 0.589. The lowest BCUT2D eigenvalue weighted by atomic mass is 9.93. The zero-order valence-corrected chi connectivity index (χ0v) is 30.3. The van der Waals surface area contributed by atoms with E-state index >= 15 is 0 Å². The molecule has 1 aromatic rings. The van der Waals surface area contributed by atoms with Crippen molar-refractivity contribution >= 4 is 0 Å². The summed E-state index contributed by atoms with van der Waals surface area (Å²) in [6.07, 6.45) is 49.7. The SMILES string of the molecule is CCCCCCCCCCCCCCCCCC(CCCCCCC)c1nccn1C(C)CCCCCCCCCCC. The van der Waals surface area contributed by atoms with Crippen molar-refractivity contribution in [3.05, 3.63) is 18.2 Å². The fraction of sp³-hybridized carbons (Fsp3) is 0.927. The van der Waals surface area contributed by atoms with Crippen molar-refractivity contribution in [3.8, 4) is 0 Å². The van der Waals surface area contributed by atoms with Crippen molar-refractivity contribution in [1.82, 2.24) is 9.55 Å². The van der Waals surface area contributed by atoms with Crippen molar-refractivity contribution in [3.63, 3.8) is 0 Å². The molecule has 1 aromatic heterocycles. The van der Waals surface area contributed by atoms with Crippen molar-refractivity contribution in [1.29, 1.82) is 0 Å². The van der Waals surface area contributed by atoms with E-state index < -0.39 is 0 Å². The van der Waals surface area contributed by atoms with Crippen LogP contribution in [0.3, 0.4) is 0 Å². The Morgan fingerprint density at radius 2 is 0.744 bits per heavy atom. The standard InChI is InChI=1S/C41H80N2/c1-5-8-11-14-16-18-19-20-21-22-23-25-27-30-33-36-40(35-32-28-13-10-7-3)41-42-37-38-43(41)39(4)34-31-29-26-24-17-15-12-9-6-2/h37-40H,5-36H2,1-4H3. The molecule has 2 nitrogen and oxygen atoms in total. The van der Waals surface area contributed by atoms with Gasteiger partial charge in [0, 0.05) is 24.4 Å². The lowest BCUT2D eigenvalue weighted by molar-refractivity contribution is 0.412. The van der Waals surface area contributed by atoms with Crippen LogP contribution < -0.4 is 0 Å². The molecule has 0 aliphatic rings. The maximum atomic E-state index is 5.00. The average molecular weight is 601 g/mol. The minimum absolute atomic E-state index is 0.589. The van der Waals surface area contributed by atoms with Gasteiger partial charge >= 0.3 is 0 Å². The molecule has 1 rings (SSSR count). The van der Waals surface area contributed by atoms with E-state index in [4.69, 9.17) is 4.98 Å². The van der Waals surface area contributed by atoms with Crippen LogP contribution in [0.5, 0.6) is 0 Å². The lowest BCUT2D eigenvalue weighted by Crippen LogP contribution is -2.13. The van der Waals surface area contributed by atoms with Crippen molar-refractivity contribution in [2.75, 3.05) is 0 Å². The van der Waals surface area contributed by atoms with Gasteiger partial charge in [0.15, 0.2) is 0 Å². The Balaban J connectivity index is 2.30. The van der Waals surface area contributed by atoms with Crippen LogP contribution in [0.2, 0.25) is 0 Å². The molecule has 0 bridgehead atoms. The van der Waals surface area contributed by atoms with E-state index in [0.717, 1.165) is 0 Å². The molecule has 2 unspecified atom stereocenters.